The third-order valence-corrected chi connectivity index (χ3v) is 4.47. The Morgan fingerprint density at radius 2 is 2.00 bits per heavy atom. The molecule has 2 aliphatic rings. The van der Waals surface area contributed by atoms with Crippen LogP contribution < -0.4 is 4.74 Å². The number of non-ortho nitro benzene ring substituents is 1. The molecule has 0 radical (unpaired) electrons. The van der Waals surface area contributed by atoms with Crippen LogP contribution in [0.1, 0.15) is 25.7 Å². The lowest BCUT2D eigenvalue weighted by Gasteiger charge is -2.36. The van der Waals surface area contributed by atoms with Crippen LogP contribution in [-0.2, 0) is 0 Å². The van der Waals surface area contributed by atoms with Gasteiger partial charge in [-0.1, -0.05) is 0 Å². The fourth-order valence-electron chi connectivity index (χ4n) is 3.34. The van der Waals surface area contributed by atoms with Gasteiger partial charge in [-0.3, -0.25) is 10.1 Å². The third-order valence-electron chi connectivity index (χ3n) is 4.47. The highest BCUT2D eigenvalue weighted by Crippen LogP contribution is 2.36. The molecule has 2 bridgehead atoms. The van der Waals surface area contributed by atoms with E-state index >= 15 is 0 Å². The van der Waals surface area contributed by atoms with E-state index in [2.05, 4.69) is 11.9 Å². The van der Waals surface area contributed by atoms with Gasteiger partial charge in [0.25, 0.3) is 5.69 Å². The zero-order valence-corrected chi connectivity index (χ0v) is 11.3. The highest BCUT2D eigenvalue weighted by Gasteiger charge is 2.39. The summed E-state index contributed by atoms with van der Waals surface area (Å²) >= 11 is 0. The van der Waals surface area contributed by atoms with E-state index in [0.29, 0.717) is 12.1 Å². The molecule has 20 heavy (non-hydrogen) atoms. The molecular weight excluding hydrogens is 263 g/mol. The molecule has 1 aromatic carbocycles. The molecule has 1 aromatic rings. The summed E-state index contributed by atoms with van der Waals surface area (Å²) in [5, 5.41) is 10.6. The van der Waals surface area contributed by atoms with E-state index in [1.165, 1.54) is 25.0 Å². The Morgan fingerprint density at radius 1 is 1.35 bits per heavy atom. The molecule has 2 saturated heterocycles. The molecule has 3 atom stereocenters. The van der Waals surface area contributed by atoms with Crippen molar-refractivity contribution >= 4 is 5.69 Å². The Bertz CT molecular complexity index is 523. The number of nitrogens with zero attached hydrogens (tertiary/aromatic N) is 2. The van der Waals surface area contributed by atoms with Crippen LogP contribution in [-0.4, -0.2) is 35.1 Å². The van der Waals surface area contributed by atoms with E-state index in [0.717, 1.165) is 18.9 Å². The van der Waals surface area contributed by atoms with Crippen molar-refractivity contribution in [2.75, 3.05) is 7.05 Å². The summed E-state index contributed by atoms with van der Waals surface area (Å²) in [6.45, 7) is 0. The molecule has 0 aromatic heterocycles. The van der Waals surface area contributed by atoms with Crippen molar-refractivity contribution in [2.24, 2.45) is 0 Å². The largest absolute Gasteiger partial charge is 0.487 e. The van der Waals surface area contributed by atoms with E-state index in [1.807, 2.05) is 0 Å². The average Bonchev–Trinajstić information content (AvgIpc) is 2.64. The number of fused-ring (bicyclic) bond motifs is 2. The van der Waals surface area contributed by atoms with Gasteiger partial charge < -0.3 is 9.64 Å². The molecular formula is C14H17FN2O3. The molecule has 2 aliphatic heterocycles. The molecule has 0 spiro atoms. The number of rotatable bonds is 3. The Labute approximate surface area is 116 Å². The highest BCUT2D eigenvalue weighted by molar-refractivity contribution is 5.37. The Balaban J connectivity index is 1.71. The summed E-state index contributed by atoms with van der Waals surface area (Å²) in [5.41, 5.74) is -0.252. The van der Waals surface area contributed by atoms with Crippen LogP contribution in [0.15, 0.2) is 18.2 Å². The highest BCUT2D eigenvalue weighted by atomic mass is 19.1. The number of hydrogen-bond acceptors (Lipinski definition) is 4. The van der Waals surface area contributed by atoms with Gasteiger partial charge in [0.05, 0.1) is 11.0 Å². The molecule has 0 aliphatic carbocycles. The fraction of sp³-hybridized carbons (Fsp3) is 0.571. The normalized spacial score (nSPS) is 29.4. The third kappa shape index (κ3) is 2.35. The van der Waals surface area contributed by atoms with E-state index in [9.17, 15) is 14.5 Å². The van der Waals surface area contributed by atoms with Crippen molar-refractivity contribution < 1.29 is 14.1 Å². The van der Waals surface area contributed by atoms with Crippen LogP contribution >= 0.6 is 0 Å². The molecule has 2 fully saturated rings. The number of piperidine rings is 1. The molecule has 0 saturated carbocycles. The Morgan fingerprint density at radius 3 is 2.55 bits per heavy atom. The van der Waals surface area contributed by atoms with Gasteiger partial charge in [0.2, 0.25) is 0 Å². The summed E-state index contributed by atoms with van der Waals surface area (Å²) in [4.78, 5) is 12.3. The van der Waals surface area contributed by atoms with Crippen LogP contribution in [0.2, 0.25) is 0 Å². The first kappa shape index (κ1) is 13.3. The smallest absolute Gasteiger partial charge is 0.272 e. The minimum Gasteiger partial charge on any atom is -0.487 e. The number of ether oxygens (including phenoxy) is 1. The topological polar surface area (TPSA) is 55.6 Å². The number of nitro groups is 1. The van der Waals surface area contributed by atoms with Crippen molar-refractivity contribution in [3.05, 3.63) is 34.1 Å². The monoisotopic (exact) mass is 280 g/mol. The van der Waals surface area contributed by atoms with E-state index in [4.69, 9.17) is 4.74 Å². The van der Waals surface area contributed by atoms with Gasteiger partial charge in [0.15, 0.2) is 11.6 Å². The quantitative estimate of drug-likeness (QED) is 0.631. The zero-order valence-electron chi connectivity index (χ0n) is 11.3. The average molecular weight is 280 g/mol. The van der Waals surface area contributed by atoms with Gasteiger partial charge in [-0.15, -0.1) is 0 Å². The minimum absolute atomic E-state index is 0.000318. The summed E-state index contributed by atoms with van der Waals surface area (Å²) in [6.07, 6.45) is 4.13. The van der Waals surface area contributed by atoms with Gasteiger partial charge in [0.1, 0.15) is 6.10 Å². The number of nitro benzene ring substituents is 1. The minimum atomic E-state index is -0.662. The summed E-state index contributed by atoms with van der Waals surface area (Å²) < 4.78 is 19.5. The summed E-state index contributed by atoms with van der Waals surface area (Å²) in [5.74, 6) is -0.546. The standard InChI is InChI=1S/C14H17FN2O3/c1-16-9-2-3-10(16)7-12(6-9)20-14-5-4-11(17(18)19)8-13(14)15/h4-5,8-10,12H,2-3,6-7H2,1H3/t9-,10+,12+. The van der Waals surface area contributed by atoms with Gasteiger partial charge in [-0.2, -0.15) is 0 Å². The van der Waals surface area contributed by atoms with Crippen LogP contribution in [0.25, 0.3) is 0 Å². The summed E-state index contributed by atoms with van der Waals surface area (Å²) in [6, 6.07) is 4.58. The molecule has 0 amide bonds. The molecule has 0 unspecified atom stereocenters. The lowest BCUT2D eigenvalue weighted by Crippen LogP contribution is -2.43. The van der Waals surface area contributed by atoms with Crippen molar-refractivity contribution in [3.8, 4) is 5.75 Å². The maximum absolute atomic E-state index is 13.8. The second-order valence-electron chi connectivity index (χ2n) is 5.63. The number of hydrogen-bond donors (Lipinski definition) is 0. The SMILES string of the molecule is CN1[C@@H]2CC[C@H]1C[C@@H](Oc1ccc([N+](=O)[O-])cc1F)C2. The number of halogens is 1. The van der Waals surface area contributed by atoms with E-state index in [-0.39, 0.29) is 17.5 Å². The van der Waals surface area contributed by atoms with Crippen LogP contribution in [0.3, 0.4) is 0 Å². The van der Waals surface area contributed by atoms with E-state index in [1.54, 1.807) is 0 Å². The van der Waals surface area contributed by atoms with Crippen molar-refractivity contribution in [1.29, 1.82) is 0 Å². The van der Waals surface area contributed by atoms with Crippen molar-refractivity contribution in [3.63, 3.8) is 0 Å². The first-order valence-corrected chi connectivity index (χ1v) is 6.87. The van der Waals surface area contributed by atoms with Gasteiger partial charge in [-0.05, 0) is 38.8 Å². The van der Waals surface area contributed by atoms with Gasteiger partial charge in [0, 0.05) is 18.2 Å². The van der Waals surface area contributed by atoms with Crippen LogP contribution in [0, 0.1) is 15.9 Å². The maximum atomic E-state index is 13.8. The molecule has 6 heteroatoms. The van der Waals surface area contributed by atoms with Gasteiger partial charge >= 0.3 is 0 Å². The Kier molecular flexibility index (Phi) is 3.33. The van der Waals surface area contributed by atoms with Crippen molar-refractivity contribution in [1.82, 2.24) is 4.90 Å². The second-order valence-corrected chi connectivity index (χ2v) is 5.63. The first-order valence-electron chi connectivity index (χ1n) is 6.87. The predicted octanol–water partition coefficient (Wildman–Crippen LogP) is 2.74. The zero-order chi connectivity index (χ0) is 14.3. The number of benzene rings is 1. The predicted molar refractivity (Wildman–Crippen MR) is 71.3 cm³/mol. The van der Waals surface area contributed by atoms with Gasteiger partial charge in [-0.25, -0.2) is 4.39 Å². The lowest BCUT2D eigenvalue weighted by atomic mass is 10.0. The van der Waals surface area contributed by atoms with E-state index < -0.39 is 10.7 Å². The summed E-state index contributed by atoms with van der Waals surface area (Å²) in [7, 11) is 2.13. The second kappa shape index (κ2) is 5.01. The van der Waals surface area contributed by atoms with Crippen molar-refractivity contribution in [2.45, 2.75) is 43.9 Å². The van der Waals surface area contributed by atoms with Crippen LogP contribution in [0.4, 0.5) is 10.1 Å². The molecule has 0 N–H and O–H groups in total. The molecule has 108 valence electrons. The first-order chi connectivity index (χ1) is 9.54. The fourth-order valence-corrected chi connectivity index (χ4v) is 3.34. The molecule has 2 heterocycles. The Hall–Kier alpha value is -1.69. The maximum Gasteiger partial charge on any atom is 0.272 e. The molecule has 5 nitrogen and oxygen atoms in total. The lowest BCUT2D eigenvalue weighted by molar-refractivity contribution is -0.385. The van der Waals surface area contributed by atoms with Crippen LogP contribution in [0.5, 0.6) is 5.75 Å². The molecule has 3 rings (SSSR count).